The van der Waals surface area contributed by atoms with Gasteiger partial charge in [0.05, 0.1) is 12.2 Å². The molecule has 3 heterocycles. The van der Waals surface area contributed by atoms with E-state index in [0.717, 1.165) is 31.8 Å². The predicted octanol–water partition coefficient (Wildman–Crippen LogP) is 4.17. The van der Waals surface area contributed by atoms with E-state index < -0.39 is 0 Å². The van der Waals surface area contributed by atoms with E-state index in [-0.39, 0.29) is 17.6 Å². The first kappa shape index (κ1) is 20.0. The third-order valence-electron chi connectivity index (χ3n) is 5.01. The number of nitrogens with zero attached hydrogens (tertiary/aromatic N) is 2. The largest absolute Gasteiger partial charge is 0.382 e. The lowest BCUT2D eigenvalue weighted by atomic mass is 10.1. The normalized spacial score (nSPS) is 13.6. The van der Waals surface area contributed by atoms with Crippen LogP contribution in [0.5, 0.6) is 0 Å². The van der Waals surface area contributed by atoms with Crippen LogP contribution in [0, 0.1) is 12.7 Å². The van der Waals surface area contributed by atoms with Gasteiger partial charge in [-0.05, 0) is 53.8 Å². The number of likely N-dealkylation sites (N-methyl/N-ethyl adjacent to an activating group) is 1. The molecular weight excluding hydrogens is 403 g/mol. The van der Waals surface area contributed by atoms with Gasteiger partial charge in [0.25, 0.3) is 0 Å². The van der Waals surface area contributed by atoms with Gasteiger partial charge < -0.3 is 15.5 Å². The Morgan fingerprint density at radius 3 is 3.03 bits per heavy atom. The SMILES string of the molecule is Cc1c(CN(C)C(=O)C=Cc2cnc3c(c2)NCCC(=O)N3)sc2ccc(F)cc12. The second-order valence-electron chi connectivity index (χ2n) is 7.21. The van der Waals surface area contributed by atoms with Gasteiger partial charge in [0.1, 0.15) is 5.82 Å². The number of amides is 2. The smallest absolute Gasteiger partial charge is 0.246 e. The number of hydrogen-bond acceptors (Lipinski definition) is 5. The maximum atomic E-state index is 13.5. The number of carbonyl (C=O) groups is 2. The maximum absolute atomic E-state index is 13.5. The fourth-order valence-electron chi connectivity index (χ4n) is 3.29. The van der Waals surface area contributed by atoms with Gasteiger partial charge in [0, 0.05) is 41.9 Å². The Morgan fingerprint density at radius 2 is 2.20 bits per heavy atom. The zero-order chi connectivity index (χ0) is 21.3. The molecule has 3 aromatic rings. The van der Waals surface area contributed by atoms with E-state index >= 15 is 0 Å². The molecule has 1 aliphatic rings. The lowest BCUT2D eigenvalue weighted by Crippen LogP contribution is -2.23. The van der Waals surface area contributed by atoms with E-state index in [0.29, 0.717) is 25.3 Å². The molecule has 0 saturated heterocycles. The molecular formula is C22H21FN4O2S. The topological polar surface area (TPSA) is 74.3 Å². The molecule has 0 spiro atoms. The second kappa shape index (κ2) is 8.23. The number of rotatable bonds is 4. The van der Waals surface area contributed by atoms with Gasteiger partial charge in [-0.15, -0.1) is 11.3 Å². The van der Waals surface area contributed by atoms with Gasteiger partial charge in [0.2, 0.25) is 11.8 Å². The Hall–Kier alpha value is -3.26. The number of nitrogens with one attached hydrogen (secondary N) is 2. The fraction of sp³-hybridized carbons (Fsp3) is 0.227. The molecule has 0 aliphatic carbocycles. The molecule has 154 valence electrons. The summed E-state index contributed by atoms with van der Waals surface area (Å²) in [7, 11) is 1.74. The predicted molar refractivity (Wildman–Crippen MR) is 118 cm³/mol. The molecule has 4 rings (SSSR count). The van der Waals surface area contributed by atoms with Crippen LogP contribution in [0.4, 0.5) is 15.9 Å². The number of thiophene rings is 1. The second-order valence-corrected chi connectivity index (χ2v) is 8.34. The minimum Gasteiger partial charge on any atom is -0.382 e. The number of aryl methyl sites for hydroxylation is 1. The van der Waals surface area contributed by atoms with Crippen molar-refractivity contribution in [2.24, 2.45) is 0 Å². The van der Waals surface area contributed by atoms with Crippen molar-refractivity contribution in [3.05, 3.63) is 58.4 Å². The molecule has 2 aromatic heterocycles. The summed E-state index contributed by atoms with van der Waals surface area (Å²) >= 11 is 1.57. The van der Waals surface area contributed by atoms with E-state index in [1.807, 2.05) is 13.0 Å². The number of anilines is 2. The van der Waals surface area contributed by atoms with Crippen LogP contribution in [0.15, 0.2) is 36.5 Å². The number of fused-ring (bicyclic) bond motifs is 2. The van der Waals surface area contributed by atoms with Gasteiger partial charge in [-0.1, -0.05) is 0 Å². The third-order valence-corrected chi connectivity index (χ3v) is 6.26. The van der Waals surface area contributed by atoms with E-state index in [1.54, 1.807) is 41.6 Å². The molecule has 1 aromatic carbocycles. The summed E-state index contributed by atoms with van der Waals surface area (Å²) < 4.78 is 14.5. The Bertz CT molecular complexity index is 1170. The van der Waals surface area contributed by atoms with E-state index in [4.69, 9.17) is 0 Å². The average molecular weight is 425 g/mol. The van der Waals surface area contributed by atoms with Crippen molar-refractivity contribution in [1.29, 1.82) is 0 Å². The molecule has 1 aliphatic heterocycles. The highest BCUT2D eigenvalue weighted by molar-refractivity contribution is 7.19. The molecule has 30 heavy (non-hydrogen) atoms. The van der Waals surface area contributed by atoms with Crippen LogP contribution >= 0.6 is 11.3 Å². The molecule has 0 bridgehead atoms. The minimum absolute atomic E-state index is 0.0758. The quantitative estimate of drug-likeness (QED) is 0.617. The first-order valence-electron chi connectivity index (χ1n) is 9.55. The lowest BCUT2D eigenvalue weighted by Gasteiger charge is -2.14. The zero-order valence-electron chi connectivity index (χ0n) is 16.7. The van der Waals surface area contributed by atoms with Crippen LogP contribution in [0.25, 0.3) is 16.2 Å². The van der Waals surface area contributed by atoms with Crippen LogP contribution in [-0.4, -0.2) is 35.3 Å². The molecule has 8 heteroatoms. The Labute approximate surface area is 177 Å². The standard InChI is InChI=1S/C22H21FN4O2S/c1-13-16-10-15(23)4-5-18(16)30-19(13)12-27(2)21(29)6-3-14-9-17-22(25-11-14)26-20(28)7-8-24-17/h3-6,9-11,24H,7-8,12H2,1-2H3,(H,25,26,28). The third kappa shape index (κ3) is 4.18. The first-order valence-corrected chi connectivity index (χ1v) is 10.4. The number of pyridine rings is 1. The monoisotopic (exact) mass is 424 g/mol. The fourth-order valence-corrected chi connectivity index (χ4v) is 4.54. The summed E-state index contributed by atoms with van der Waals surface area (Å²) in [5.74, 6) is 0.0165. The number of carbonyl (C=O) groups excluding carboxylic acids is 2. The molecule has 0 saturated carbocycles. The zero-order valence-corrected chi connectivity index (χ0v) is 17.5. The highest BCUT2D eigenvalue weighted by atomic mass is 32.1. The number of aromatic nitrogens is 1. The maximum Gasteiger partial charge on any atom is 0.246 e. The summed E-state index contributed by atoms with van der Waals surface area (Å²) in [4.78, 5) is 31.1. The Balaban J connectivity index is 1.46. The van der Waals surface area contributed by atoms with Crippen LogP contribution in [0.3, 0.4) is 0 Å². The lowest BCUT2D eigenvalue weighted by molar-refractivity contribution is -0.125. The van der Waals surface area contributed by atoms with Crippen molar-refractivity contribution in [3.8, 4) is 0 Å². The Morgan fingerprint density at radius 1 is 1.37 bits per heavy atom. The highest BCUT2D eigenvalue weighted by Gasteiger charge is 2.15. The summed E-state index contributed by atoms with van der Waals surface area (Å²) in [6.07, 6.45) is 5.20. The van der Waals surface area contributed by atoms with Gasteiger partial charge in [-0.3, -0.25) is 9.59 Å². The van der Waals surface area contributed by atoms with Crippen molar-refractivity contribution in [2.45, 2.75) is 19.9 Å². The van der Waals surface area contributed by atoms with Crippen LogP contribution in [0.2, 0.25) is 0 Å². The van der Waals surface area contributed by atoms with Crippen LogP contribution < -0.4 is 10.6 Å². The first-order chi connectivity index (χ1) is 14.4. The molecule has 0 fully saturated rings. The van der Waals surface area contributed by atoms with Crippen molar-refractivity contribution >= 4 is 50.8 Å². The Kier molecular flexibility index (Phi) is 5.50. The summed E-state index contributed by atoms with van der Waals surface area (Å²) in [5, 5.41) is 6.80. The van der Waals surface area contributed by atoms with Gasteiger partial charge in [-0.25, -0.2) is 9.37 Å². The molecule has 0 unspecified atom stereocenters. The van der Waals surface area contributed by atoms with E-state index in [9.17, 15) is 14.0 Å². The summed E-state index contributed by atoms with van der Waals surface area (Å²) in [5.41, 5.74) is 2.49. The van der Waals surface area contributed by atoms with Gasteiger partial charge in [0.15, 0.2) is 5.82 Å². The van der Waals surface area contributed by atoms with Crippen molar-refractivity contribution in [2.75, 3.05) is 24.2 Å². The molecule has 0 radical (unpaired) electrons. The van der Waals surface area contributed by atoms with Gasteiger partial charge >= 0.3 is 0 Å². The number of halogens is 1. The van der Waals surface area contributed by atoms with E-state index in [1.165, 1.54) is 18.2 Å². The number of hydrogen-bond donors (Lipinski definition) is 2. The highest BCUT2D eigenvalue weighted by Crippen LogP contribution is 2.32. The minimum atomic E-state index is -0.259. The molecule has 2 amide bonds. The molecule has 6 nitrogen and oxygen atoms in total. The number of benzene rings is 1. The van der Waals surface area contributed by atoms with Gasteiger partial charge in [-0.2, -0.15) is 0 Å². The van der Waals surface area contributed by atoms with Crippen LogP contribution in [-0.2, 0) is 16.1 Å². The molecule has 0 atom stereocenters. The van der Waals surface area contributed by atoms with Crippen molar-refractivity contribution in [1.82, 2.24) is 9.88 Å². The van der Waals surface area contributed by atoms with Crippen molar-refractivity contribution < 1.29 is 14.0 Å². The van der Waals surface area contributed by atoms with Crippen LogP contribution in [0.1, 0.15) is 22.4 Å². The summed E-state index contributed by atoms with van der Waals surface area (Å²) in [6, 6.07) is 6.61. The van der Waals surface area contributed by atoms with Crippen molar-refractivity contribution in [3.63, 3.8) is 0 Å². The van der Waals surface area contributed by atoms with E-state index in [2.05, 4.69) is 15.6 Å². The summed E-state index contributed by atoms with van der Waals surface area (Å²) in [6.45, 7) is 2.94. The average Bonchev–Trinajstić information content (AvgIpc) is 2.90. The molecule has 2 N–H and O–H groups in total.